The third-order valence-corrected chi connectivity index (χ3v) is 2.73. The van der Waals surface area contributed by atoms with Crippen LogP contribution < -0.4 is 11.1 Å². The van der Waals surface area contributed by atoms with E-state index in [4.69, 9.17) is 5.73 Å². The predicted molar refractivity (Wildman–Crippen MR) is 74.0 cm³/mol. The summed E-state index contributed by atoms with van der Waals surface area (Å²) in [6.07, 6.45) is 1.20. The van der Waals surface area contributed by atoms with E-state index in [1.165, 1.54) is 18.2 Å². The summed E-state index contributed by atoms with van der Waals surface area (Å²) in [5.74, 6) is -0.171. The maximum absolute atomic E-state index is 13.3. The first kappa shape index (κ1) is 15.4. The third-order valence-electron chi connectivity index (χ3n) is 2.73. The predicted octanol–water partition coefficient (Wildman–Crippen LogP) is 2.46. The van der Waals surface area contributed by atoms with Crippen molar-refractivity contribution in [2.45, 2.75) is 26.7 Å². The summed E-state index contributed by atoms with van der Waals surface area (Å²) in [7, 11) is 0. The zero-order chi connectivity index (χ0) is 14.3. The maximum atomic E-state index is 13.3. The molecule has 0 spiro atoms. The molecule has 0 aliphatic heterocycles. The van der Waals surface area contributed by atoms with Gasteiger partial charge in [-0.25, -0.2) is 8.78 Å². The molecule has 3 nitrogen and oxygen atoms in total. The fraction of sp³-hybridized carbons (Fsp3) is 0.500. The average molecular weight is 269 g/mol. The standard InChI is InChI=1S/C14H21F2N3/c1-10(2)6-8-18-14(17)19-9-7-11-12(15)4-3-5-13(11)16/h3-5,10H,6-9H2,1-2H3,(H3,17,18,19). The van der Waals surface area contributed by atoms with Crippen molar-refractivity contribution >= 4 is 5.96 Å². The molecule has 1 aromatic carbocycles. The molecule has 0 aliphatic carbocycles. The molecule has 0 saturated heterocycles. The van der Waals surface area contributed by atoms with Crippen molar-refractivity contribution in [1.29, 1.82) is 0 Å². The van der Waals surface area contributed by atoms with Crippen LogP contribution in [0.2, 0.25) is 0 Å². The highest BCUT2D eigenvalue weighted by Gasteiger charge is 2.07. The Morgan fingerprint density at radius 2 is 1.95 bits per heavy atom. The smallest absolute Gasteiger partial charge is 0.188 e. The topological polar surface area (TPSA) is 50.4 Å². The van der Waals surface area contributed by atoms with Gasteiger partial charge in [-0.05, 0) is 30.9 Å². The highest BCUT2D eigenvalue weighted by molar-refractivity contribution is 5.77. The summed E-state index contributed by atoms with van der Waals surface area (Å²) in [5, 5.41) is 2.85. The Hall–Kier alpha value is -1.65. The number of rotatable bonds is 6. The lowest BCUT2D eigenvalue weighted by atomic mass is 10.1. The maximum Gasteiger partial charge on any atom is 0.188 e. The first-order valence-corrected chi connectivity index (χ1v) is 6.47. The third kappa shape index (κ3) is 5.68. The fourth-order valence-corrected chi connectivity index (χ4v) is 1.59. The van der Waals surface area contributed by atoms with Crippen LogP contribution in [0.4, 0.5) is 8.78 Å². The lowest BCUT2D eigenvalue weighted by molar-refractivity contribution is 0.553. The summed E-state index contributed by atoms with van der Waals surface area (Å²) in [4.78, 5) is 4.14. The minimum Gasteiger partial charge on any atom is -0.370 e. The minimum absolute atomic E-state index is 0.0741. The van der Waals surface area contributed by atoms with Gasteiger partial charge in [0.05, 0.1) is 0 Å². The first-order valence-electron chi connectivity index (χ1n) is 6.47. The van der Waals surface area contributed by atoms with Crippen molar-refractivity contribution in [3.63, 3.8) is 0 Å². The summed E-state index contributed by atoms with van der Waals surface area (Å²) < 4.78 is 26.7. The number of hydrogen-bond donors (Lipinski definition) is 2. The Morgan fingerprint density at radius 3 is 2.53 bits per heavy atom. The van der Waals surface area contributed by atoms with Crippen molar-refractivity contribution in [3.8, 4) is 0 Å². The summed E-state index contributed by atoms with van der Waals surface area (Å²) >= 11 is 0. The molecule has 0 aliphatic rings. The summed E-state index contributed by atoms with van der Waals surface area (Å²) in [6, 6.07) is 3.85. The number of hydrogen-bond acceptors (Lipinski definition) is 1. The van der Waals surface area contributed by atoms with Crippen LogP contribution in [0, 0.1) is 17.6 Å². The van der Waals surface area contributed by atoms with Gasteiger partial charge in [-0.3, -0.25) is 4.99 Å². The molecule has 0 radical (unpaired) electrons. The van der Waals surface area contributed by atoms with Gasteiger partial charge in [0.1, 0.15) is 11.6 Å². The van der Waals surface area contributed by atoms with E-state index in [9.17, 15) is 8.78 Å². The van der Waals surface area contributed by atoms with Gasteiger partial charge in [-0.1, -0.05) is 19.9 Å². The van der Waals surface area contributed by atoms with Crippen LogP contribution in [0.25, 0.3) is 0 Å². The first-order chi connectivity index (χ1) is 9.00. The monoisotopic (exact) mass is 269 g/mol. The molecule has 0 unspecified atom stereocenters. The number of halogens is 2. The Kier molecular flexibility index (Phi) is 6.25. The van der Waals surface area contributed by atoms with Gasteiger partial charge in [-0.2, -0.15) is 0 Å². The Balaban J connectivity index is 2.37. The van der Waals surface area contributed by atoms with Crippen LogP contribution in [0.15, 0.2) is 23.2 Å². The van der Waals surface area contributed by atoms with Gasteiger partial charge < -0.3 is 11.1 Å². The van der Waals surface area contributed by atoms with Crippen LogP contribution in [-0.2, 0) is 6.42 Å². The normalized spacial score (nSPS) is 11.9. The van der Waals surface area contributed by atoms with Crippen molar-refractivity contribution in [2.75, 3.05) is 13.1 Å². The number of nitrogens with two attached hydrogens (primary N) is 1. The van der Waals surface area contributed by atoms with Gasteiger partial charge in [0, 0.05) is 18.7 Å². The molecule has 0 saturated carbocycles. The number of nitrogens with one attached hydrogen (secondary N) is 1. The Morgan fingerprint density at radius 1 is 1.32 bits per heavy atom. The van der Waals surface area contributed by atoms with E-state index in [0.717, 1.165) is 6.42 Å². The van der Waals surface area contributed by atoms with E-state index in [-0.39, 0.29) is 12.0 Å². The van der Waals surface area contributed by atoms with E-state index in [2.05, 4.69) is 24.2 Å². The van der Waals surface area contributed by atoms with E-state index in [1.54, 1.807) is 0 Å². The van der Waals surface area contributed by atoms with Crippen LogP contribution in [0.3, 0.4) is 0 Å². The van der Waals surface area contributed by atoms with Crippen molar-refractivity contribution in [2.24, 2.45) is 16.6 Å². The molecule has 19 heavy (non-hydrogen) atoms. The number of guanidine groups is 1. The van der Waals surface area contributed by atoms with Gasteiger partial charge in [0.2, 0.25) is 0 Å². The lowest BCUT2D eigenvalue weighted by Gasteiger charge is -2.08. The minimum atomic E-state index is -0.530. The Bertz CT molecular complexity index is 410. The molecule has 0 fully saturated rings. The van der Waals surface area contributed by atoms with Crippen LogP contribution in [0.1, 0.15) is 25.8 Å². The van der Waals surface area contributed by atoms with Gasteiger partial charge in [-0.15, -0.1) is 0 Å². The van der Waals surface area contributed by atoms with E-state index in [1.807, 2.05) is 0 Å². The molecule has 0 aromatic heterocycles. The molecule has 3 N–H and O–H groups in total. The zero-order valence-electron chi connectivity index (χ0n) is 11.4. The molecule has 0 bridgehead atoms. The highest BCUT2D eigenvalue weighted by Crippen LogP contribution is 2.11. The molecule has 0 amide bonds. The molecule has 0 atom stereocenters. The second kappa shape index (κ2) is 7.71. The average Bonchev–Trinajstić information content (AvgIpc) is 2.32. The van der Waals surface area contributed by atoms with Gasteiger partial charge in [0.25, 0.3) is 0 Å². The Labute approximate surface area is 112 Å². The van der Waals surface area contributed by atoms with E-state index >= 15 is 0 Å². The fourth-order valence-electron chi connectivity index (χ4n) is 1.59. The SMILES string of the molecule is CC(C)CCN=C(N)NCCc1c(F)cccc1F. The molecule has 1 rings (SSSR count). The summed E-state index contributed by atoms with van der Waals surface area (Å²) in [5.41, 5.74) is 5.73. The van der Waals surface area contributed by atoms with Gasteiger partial charge in [0.15, 0.2) is 5.96 Å². The van der Waals surface area contributed by atoms with E-state index in [0.29, 0.717) is 25.0 Å². The largest absolute Gasteiger partial charge is 0.370 e. The molecule has 106 valence electrons. The quantitative estimate of drug-likeness (QED) is 0.615. The van der Waals surface area contributed by atoms with Crippen molar-refractivity contribution in [3.05, 3.63) is 35.4 Å². The number of aliphatic imine (C=N–C) groups is 1. The van der Waals surface area contributed by atoms with Crippen LogP contribution >= 0.6 is 0 Å². The van der Waals surface area contributed by atoms with Crippen molar-refractivity contribution < 1.29 is 8.78 Å². The molecular weight excluding hydrogens is 248 g/mol. The van der Waals surface area contributed by atoms with E-state index < -0.39 is 11.6 Å². The second-order valence-electron chi connectivity index (χ2n) is 4.83. The molecular formula is C14H21F2N3. The second-order valence-corrected chi connectivity index (χ2v) is 4.83. The summed E-state index contributed by atoms with van der Waals surface area (Å²) in [6.45, 7) is 5.24. The van der Waals surface area contributed by atoms with Crippen molar-refractivity contribution in [1.82, 2.24) is 5.32 Å². The van der Waals surface area contributed by atoms with Crippen LogP contribution in [0.5, 0.6) is 0 Å². The molecule has 5 heteroatoms. The molecule has 1 aromatic rings. The van der Waals surface area contributed by atoms with Crippen LogP contribution in [-0.4, -0.2) is 19.0 Å². The van der Waals surface area contributed by atoms with Gasteiger partial charge >= 0.3 is 0 Å². The zero-order valence-corrected chi connectivity index (χ0v) is 11.4. The lowest BCUT2D eigenvalue weighted by Crippen LogP contribution is -2.33. The number of nitrogens with zero attached hydrogens (tertiary/aromatic N) is 1. The number of benzene rings is 1. The molecule has 0 heterocycles. The highest BCUT2D eigenvalue weighted by atomic mass is 19.1.